The number of benzene rings is 1. The molecule has 1 aliphatic heterocycles. The van der Waals surface area contributed by atoms with Crippen LogP contribution in [0.15, 0.2) is 34.2 Å². The maximum atomic E-state index is 12.1. The molecule has 9 heteroatoms. The van der Waals surface area contributed by atoms with Crippen LogP contribution in [0.4, 0.5) is 0 Å². The van der Waals surface area contributed by atoms with Gasteiger partial charge in [-0.05, 0) is 43.9 Å². The van der Waals surface area contributed by atoms with Crippen LogP contribution in [0.1, 0.15) is 31.7 Å². The van der Waals surface area contributed by atoms with Gasteiger partial charge in [-0.25, -0.2) is 17.7 Å². The molecule has 1 saturated heterocycles. The second-order valence-corrected chi connectivity index (χ2v) is 9.27. The summed E-state index contributed by atoms with van der Waals surface area (Å²) in [5.41, 5.74) is 0.944. The highest BCUT2D eigenvalue weighted by Gasteiger charge is 2.16. The van der Waals surface area contributed by atoms with Crippen molar-refractivity contribution >= 4 is 16.0 Å². The summed E-state index contributed by atoms with van der Waals surface area (Å²) in [6, 6.07) is 6.82. The van der Waals surface area contributed by atoms with Crippen LogP contribution in [-0.4, -0.2) is 71.8 Å². The van der Waals surface area contributed by atoms with Gasteiger partial charge in [-0.3, -0.25) is 0 Å². The first-order valence-electron chi connectivity index (χ1n) is 10.2. The third kappa shape index (κ3) is 7.93. The molecule has 0 spiro atoms. The van der Waals surface area contributed by atoms with E-state index in [-0.39, 0.29) is 11.0 Å². The molecule has 0 aromatic heterocycles. The molecular weight excluding hydrogens is 392 g/mol. The maximum Gasteiger partial charge on any atom is 0.242 e. The third-order valence-electron chi connectivity index (χ3n) is 4.55. The van der Waals surface area contributed by atoms with Crippen molar-refractivity contribution in [2.24, 2.45) is 4.99 Å². The number of ether oxygens (including phenoxy) is 2. The van der Waals surface area contributed by atoms with Crippen LogP contribution in [0.5, 0.6) is 0 Å². The molecular formula is C20H34N4O4S. The van der Waals surface area contributed by atoms with Crippen LogP contribution < -0.4 is 10.6 Å². The van der Waals surface area contributed by atoms with Crippen LogP contribution in [0, 0.1) is 0 Å². The van der Waals surface area contributed by atoms with Gasteiger partial charge in [0.1, 0.15) is 0 Å². The second-order valence-electron chi connectivity index (χ2n) is 7.12. The van der Waals surface area contributed by atoms with E-state index in [1.54, 1.807) is 24.3 Å². The zero-order valence-electron chi connectivity index (χ0n) is 17.7. The SMILES string of the molecule is CCNC(=NCc1ccc(S(=O)(=O)N(C)C)cc1)NCCCOCC1CCCO1. The molecule has 1 atom stereocenters. The van der Waals surface area contributed by atoms with Gasteiger partial charge < -0.3 is 20.1 Å². The van der Waals surface area contributed by atoms with Crippen molar-refractivity contribution in [2.45, 2.75) is 43.7 Å². The Morgan fingerprint density at radius 3 is 2.66 bits per heavy atom. The van der Waals surface area contributed by atoms with E-state index in [0.29, 0.717) is 19.8 Å². The zero-order chi connectivity index (χ0) is 21.1. The minimum atomic E-state index is -3.41. The van der Waals surface area contributed by atoms with E-state index in [4.69, 9.17) is 9.47 Å². The molecule has 29 heavy (non-hydrogen) atoms. The summed E-state index contributed by atoms with van der Waals surface area (Å²) in [7, 11) is -0.359. The van der Waals surface area contributed by atoms with Crippen LogP contribution in [0.25, 0.3) is 0 Å². The van der Waals surface area contributed by atoms with E-state index in [1.165, 1.54) is 18.4 Å². The Hall–Kier alpha value is -1.68. The Kier molecular flexibility index (Phi) is 9.86. The van der Waals surface area contributed by atoms with Gasteiger partial charge in [0.25, 0.3) is 0 Å². The van der Waals surface area contributed by atoms with Crippen LogP contribution in [0.3, 0.4) is 0 Å². The van der Waals surface area contributed by atoms with E-state index in [9.17, 15) is 8.42 Å². The fourth-order valence-corrected chi connectivity index (χ4v) is 3.76. The van der Waals surface area contributed by atoms with Gasteiger partial charge >= 0.3 is 0 Å². The fourth-order valence-electron chi connectivity index (χ4n) is 2.86. The highest BCUT2D eigenvalue weighted by Crippen LogP contribution is 2.14. The standard InChI is InChI=1S/C20H34N4O4S/c1-4-21-20(22-12-6-13-27-16-18-7-5-14-28-18)23-15-17-8-10-19(11-9-17)29(25,26)24(2)3/h8-11,18H,4-7,12-16H2,1-3H3,(H2,21,22,23). The first-order chi connectivity index (χ1) is 13.9. The molecule has 1 aromatic carbocycles. The van der Waals surface area contributed by atoms with E-state index in [0.717, 1.165) is 50.5 Å². The molecule has 1 aromatic rings. The summed E-state index contributed by atoms with van der Waals surface area (Å²) in [5.74, 6) is 0.733. The minimum absolute atomic E-state index is 0.265. The largest absolute Gasteiger partial charge is 0.379 e. The number of nitrogens with zero attached hydrogens (tertiary/aromatic N) is 2. The lowest BCUT2D eigenvalue weighted by Crippen LogP contribution is -2.38. The molecule has 0 radical (unpaired) electrons. The molecule has 0 saturated carbocycles. The zero-order valence-corrected chi connectivity index (χ0v) is 18.5. The van der Waals surface area contributed by atoms with E-state index in [1.807, 2.05) is 6.92 Å². The van der Waals surface area contributed by atoms with E-state index >= 15 is 0 Å². The Bertz CT molecular complexity index is 729. The first-order valence-corrected chi connectivity index (χ1v) is 11.6. The lowest BCUT2D eigenvalue weighted by atomic mass is 10.2. The lowest BCUT2D eigenvalue weighted by molar-refractivity contribution is 0.0168. The summed E-state index contributed by atoms with van der Waals surface area (Å²) in [5, 5.41) is 6.51. The number of hydrogen-bond donors (Lipinski definition) is 2. The maximum absolute atomic E-state index is 12.1. The molecule has 1 aliphatic rings. The van der Waals surface area contributed by atoms with Gasteiger partial charge in [0.2, 0.25) is 10.0 Å². The Labute approximate surface area is 174 Å². The number of rotatable bonds is 11. The van der Waals surface area contributed by atoms with Crippen LogP contribution >= 0.6 is 0 Å². The number of hydrogen-bond acceptors (Lipinski definition) is 5. The Balaban J connectivity index is 1.76. The fraction of sp³-hybridized carbons (Fsp3) is 0.650. The predicted molar refractivity (Wildman–Crippen MR) is 115 cm³/mol. The topological polar surface area (TPSA) is 92.3 Å². The molecule has 0 amide bonds. The van der Waals surface area contributed by atoms with E-state index < -0.39 is 10.0 Å². The summed E-state index contributed by atoms with van der Waals surface area (Å²) in [6.07, 6.45) is 3.37. The lowest BCUT2D eigenvalue weighted by Gasteiger charge is -2.13. The van der Waals surface area contributed by atoms with Crippen molar-refractivity contribution in [3.05, 3.63) is 29.8 Å². The molecule has 1 fully saturated rings. The van der Waals surface area contributed by atoms with Crippen molar-refractivity contribution < 1.29 is 17.9 Å². The smallest absolute Gasteiger partial charge is 0.242 e. The van der Waals surface area contributed by atoms with Gasteiger partial charge in [-0.15, -0.1) is 0 Å². The second kappa shape index (κ2) is 12.1. The average molecular weight is 427 g/mol. The average Bonchev–Trinajstić information content (AvgIpc) is 3.22. The van der Waals surface area contributed by atoms with Crippen LogP contribution in [-0.2, 0) is 26.0 Å². The summed E-state index contributed by atoms with van der Waals surface area (Å²) < 4.78 is 36.7. The van der Waals surface area contributed by atoms with Gasteiger partial charge in [0, 0.05) is 40.4 Å². The van der Waals surface area contributed by atoms with Gasteiger partial charge in [0.15, 0.2) is 5.96 Å². The number of nitrogens with one attached hydrogen (secondary N) is 2. The molecule has 2 rings (SSSR count). The molecule has 0 bridgehead atoms. The summed E-state index contributed by atoms with van der Waals surface area (Å²) in [4.78, 5) is 4.85. The first kappa shape index (κ1) is 23.6. The van der Waals surface area contributed by atoms with Gasteiger partial charge in [-0.1, -0.05) is 12.1 Å². The quantitative estimate of drug-likeness (QED) is 0.317. The summed E-state index contributed by atoms with van der Waals surface area (Å²) >= 11 is 0. The normalized spacial score (nSPS) is 17.7. The van der Waals surface area contributed by atoms with Crippen molar-refractivity contribution in [2.75, 3.05) is 47.0 Å². The Morgan fingerprint density at radius 2 is 2.03 bits per heavy atom. The highest BCUT2D eigenvalue weighted by molar-refractivity contribution is 7.89. The van der Waals surface area contributed by atoms with Crippen molar-refractivity contribution in [3.8, 4) is 0 Å². The number of aliphatic imine (C=N–C) groups is 1. The van der Waals surface area contributed by atoms with Crippen LogP contribution in [0.2, 0.25) is 0 Å². The number of sulfonamides is 1. The molecule has 8 nitrogen and oxygen atoms in total. The van der Waals surface area contributed by atoms with E-state index in [2.05, 4.69) is 15.6 Å². The molecule has 1 heterocycles. The van der Waals surface area contributed by atoms with Gasteiger partial charge in [-0.2, -0.15) is 0 Å². The third-order valence-corrected chi connectivity index (χ3v) is 6.38. The molecule has 2 N–H and O–H groups in total. The minimum Gasteiger partial charge on any atom is -0.379 e. The monoisotopic (exact) mass is 426 g/mol. The van der Waals surface area contributed by atoms with Gasteiger partial charge in [0.05, 0.1) is 24.2 Å². The highest BCUT2D eigenvalue weighted by atomic mass is 32.2. The Morgan fingerprint density at radius 1 is 1.28 bits per heavy atom. The van der Waals surface area contributed by atoms with Crippen molar-refractivity contribution in [1.29, 1.82) is 0 Å². The molecule has 0 aliphatic carbocycles. The van der Waals surface area contributed by atoms with Crippen molar-refractivity contribution in [1.82, 2.24) is 14.9 Å². The number of guanidine groups is 1. The van der Waals surface area contributed by atoms with Crippen molar-refractivity contribution in [3.63, 3.8) is 0 Å². The molecule has 164 valence electrons. The summed E-state index contributed by atoms with van der Waals surface area (Å²) in [6.45, 7) is 6.22. The predicted octanol–water partition coefficient (Wildman–Crippen LogP) is 1.58. The molecule has 1 unspecified atom stereocenters.